The van der Waals surface area contributed by atoms with Crippen molar-refractivity contribution in [2.45, 2.75) is 9.92 Å². The van der Waals surface area contributed by atoms with E-state index in [9.17, 15) is 9.59 Å². The summed E-state index contributed by atoms with van der Waals surface area (Å²) in [4.78, 5) is 29.6. The Balaban J connectivity index is 1.77. The predicted octanol–water partition coefficient (Wildman–Crippen LogP) is 3.84. The first kappa shape index (κ1) is 17.7. The van der Waals surface area contributed by atoms with Gasteiger partial charge in [0.25, 0.3) is 11.8 Å². The Morgan fingerprint density at radius 1 is 0.885 bits per heavy atom. The number of amides is 2. The molecule has 0 saturated heterocycles. The summed E-state index contributed by atoms with van der Waals surface area (Å²) >= 11 is 1.44. The summed E-state index contributed by atoms with van der Waals surface area (Å²) in [7, 11) is 1.58. The van der Waals surface area contributed by atoms with Crippen LogP contribution in [0.1, 0.15) is 20.7 Å². The molecule has 3 rings (SSSR count). The van der Waals surface area contributed by atoms with Crippen LogP contribution in [0, 0.1) is 0 Å². The highest BCUT2D eigenvalue weighted by Crippen LogP contribution is 2.28. The van der Waals surface area contributed by atoms with Gasteiger partial charge >= 0.3 is 0 Å². The second-order valence-electron chi connectivity index (χ2n) is 5.38. The first-order chi connectivity index (χ1) is 12.7. The van der Waals surface area contributed by atoms with E-state index >= 15 is 0 Å². The van der Waals surface area contributed by atoms with E-state index in [0.717, 1.165) is 4.90 Å². The second-order valence-corrected chi connectivity index (χ2v) is 6.44. The topological polar surface area (TPSA) is 71.1 Å². The van der Waals surface area contributed by atoms with Crippen LogP contribution in [0.25, 0.3) is 0 Å². The zero-order chi connectivity index (χ0) is 18.4. The van der Waals surface area contributed by atoms with Gasteiger partial charge in [-0.15, -0.1) is 0 Å². The van der Waals surface area contributed by atoms with Crippen LogP contribution in [-0.4, -0.2) is 23.8 Å². The van der Waals surface area contributed by atoms with Crippen molar-refractivity contribution in [3.05, 3.63) is 84.1 Å². The molecule has 2 aromatic carbocycles. The van der Waals surface area contributed by atoms with Crippen molar-refractivity contribution in [1.29, 1.82) is 0 Å². The monoisotopic (exact) mass is 363 g/mol. The highest BCUT2D eigenvalue weighted by molar-refractivity contribution is 7.99. The maximum atomic E-state index is 12.7. The van der Waals surface area contributed by atoms with E-state index in [1.54, 1.807) is 49.6 Å². The molecule has 0 bridgehead atoms. The molecule has 0 atom stereocenters. The van der Waals surface area contributed by atoms with Gasteiger partial charge in [-0.05, 0) is 48.5 Å². The Morgan fingerprint density at radius 3 is 2.31 bits per heavy atom. The summed E-state index contributed by atoms with van der Waals surface area (Å²) in [5.74, 6) is -0.416. The zero-order valence-corrected chi connectivity index (χ0v) is 14.9. The molecule has 0 fully saturated rings. The van der Waals surface area contributed by atoms with Crippen molar-refractivity contribution in [3.8, 4) is 0 Å². The number of hydrogen-bond acceptors (Lipinski definition) is 4. The van der Waals surface area contributed by atoms with E-state index in [-0.39, 0.29) is 11.8 Å². The lowest BCUT2D eigenvalue weighted by Crippen LogP contribution is -2.18. The van der Waals surface area contributed by atoms with Crippen LogP contribution in [-0.2, 0) is 0 Å². The van der Waals surface area contributed by atoms with Crippen LogP contribution >= 0.6 is 11.8 Å². The van der Waals surface area contributed by atoms with Crippen molar-refractivity contribution >= 4 is 29.3 Å². The van der Waals surface area contributed by atoms with Gasteiger partial charge in [0.15, 0.2) is 0 Å². The summed E-state index contributed by atoms with van der Waals surface area (Å²) in [5, 5.41) is 6.04. The Morgan fingerprint density at radius 2 is 1.62 bits per heavy atom. The van der Waals surface area contributed by atoms with Crippen LogP contribution in [0.3, 0.4) is 0 Å². The zero-order valence-electron chi connectivity index (χ0n) is 14.1. The standard InChI is InChI=1S/C20H17N3O2S/c1-21-18(24)14-9-11-15(12-10-14)23-19(25)17-8-5-13-22-20(17)26-16-6-3-2-4-7-16/h2-13H,1H3,(H,21,24)(H,23,25). The number of carbonyl (C=O) groups excluding carboxylic acids is 2. The van der Waals surface area contributed by atoms with E-state index in [1.807, 2.05) is 30.3 Å². The molecule has 2 amide bonds. The summed E-state index contributed by atoms with van der Waals surface area (Å²) in [6, 6.07) is 20.0. The summed E-state index contributed by atoms with van der Waals surface area (Å²) in [5.41, 5.74) is 1.64. The number of aromatic nitrogens is 1. The third-order valence-electron chi connectivity index (χ3n) is 3.61. The highest BCUT2D eigenvalue weighted by atomic mass is 32.2. The van der Waals surface area contributed by atoms with E-state index in [0.29, 0.717) is 21.8 Å². The van der Waals surface area contributed by atoms with Gasteiger partial charge in [0.1, 0.15) is 5.03 Å². The smallest absolute Gasteiger partial charge is 0.258 e. The largest absolute Gasteiger partial charge is 0.355 e. The molecule has 0 aliphatic rings. The van der Waals surface area contributed by atoms with Gasteiger partial charge in [-0.25, -0.2) is 4.98 Å². The van der Waals surface area contributed by atoms with Crippen LogP contribution in [0.15, 0.2) is 82.8 Å². The van der Waals surface area contributed by atoms with E-state index < -0.39 is 0 Å². The van der Waals surface area contributed by atoms with Gasteiger partial charge in [0.05, 0.1) is 5.56 Å². The van der Waals surface area contributed by atoms with Gasteiger partial charge in [0.2, 0.25) is 0 Å². The Labute approximate surface area is 155 Å². The number of nitrogens with zero attached hydrogens (tertiary/aromatic N) is 1. The molecular weight excluding hydrogens is 346 g/mol. The minimum Gasteiger partial charge on any atom is -0.355 e. The molecule has 0 aliphatic carbocycles. The lowest BCUT2D eigenvalue weighted by molar-refractivity contribution is 0.0962. The molecule has 0 radical (unpaired) electrons. The normalized spacial score (nSPS) is 10.2. The number of nitrogens with one attached hydrogen (secondary N) is 2. The van der Waals surface area contributed by atoms with Gasteiger partial charge in [-0.3, -0.25) is 9.59 Å². The maximum absolute atomic E-state index is 12.7. The molecule has 0 saturated carbocycles. The fourth-order valence-electron chi connectivity index (χ4n) is 2.29. The lowest BCUT2D eigenvalue weighted by Gasteiger charge is -2.09. The van der Waals surface area contributed by atoms with Crippen molar-refractivity contribution in [2.24, 2.45) is 0 Å². The molecule has 1 heterocycles. The number of benzene rings is 2. The number of anilines is 1. The molecule has 5 nitrogen and oxygen atoms in total. The number of rotatable bonds is 5. The predicted molar refractivity (Wildman–Crippen MR) is 103 cm³/mol. The third kappa shape index (κ3) is 4.29. The number of pyridine rings is 1. The lowest BCUT2D eigenvalue weighted by atomic mass is 10.2. The molecule has 2 N–H and O–H groups in total. The van der Waals surface area contributed by atoms with Crippen LogP contribution in [0.4, 0.5) is 5.69 Å². The molecule has 1 aromatic heterocycles. The Bertz CT molecular complexity index is 912. The minimum atomic E-state index is -0.246. The fourth-order valence-corrected chi connectivity index (χ4v) is 3.19. The molecule has 0 aliphatic heterocycles. The van der Waals surface area contributed by atoms with E-state index in [1.165, 1.54) is 11.8 Å². The van der Waals surface area contributed by atoms with E-state index in [4.69, 9.17) is 0 Å². The van der Waals surface area contributed by atoms with E-state index in [2.05, 4.69) is 15.6 Å². The average Bonchev–Trinajstić information content (AvgIpc) is 2.69. The van der Waals surface area contributed by atoms with Gasteiger partial charge in [-0.2, -0.15) is 0 Å². The number of carbonyl (C=O) groups is 2. The minimum absolute atomic E-state index is 0.170. The molecule has 6 heteroatoms. The summed E-state index contributed by atoms with van der Waals surface area (Å²) < 4.78 is 0. The second kappa shape index (κ2) is 8.31. The first-order valence-corrected chi connectivity index (χ1v) is 8.80. The Hall–Kier alpha value is -3.12. The van der Waals surface area contributed by atoms with Gasteiger partial charge in [-0.1, -0.05) is 30.0 Å². The van der Waals surface area contributed by atoms with Gasteiger partial charge < -0.3 is 10.6 Å². The van der Waals surface area contributed by atoms with Crippen LogP contribution in [0.5, 0.6) is 0 Å². The van der Waals surface area contributed by atoms with Crippen LogP contribution < -0.4 is 10.6 Å². The van der Waals surface area contributed by atoms with Crippen molar-refractivity contribution < 1.29 is 9.59 Å². The highest BCUT2D eigenvalue weighted by Gasteiger charge is 2.14. The maximum Gasteiger partial charge on any atom is 0.258 e. The fraction of sp³-hybridized carbons (Fsp3) is 0.0500. The molecular formula is C20H17N3O2S. The Kier molecular flexibility index (Phi) is 5.66. The third-order valence-corrected chi connectivity index (χ3v) is 4.63. The van der Waals surface area contributed by atoms with Crippen molar-refractivity contribution in [3.63, 3.8) is 0 Å². The SMILES string of the molecule is CNC(=O)c1ccc(NC(=O)c2cccnc2Sc2ccccc2)cc1. The summed E-state index contributed by atoms with van der Waals surface area (Å²) in [6.07, 6.45) is 1.67. The first-order valence-electron chi connectivity index (χ1n) is 7.99. The molecule has 0 spiro atoms. The number of hydrogen-bond donors (Lipinski definition) is 2. The van der Waals surface area contributed by atoms with Crippen LogP contribution in [0.2, 0.25) is 0 Å². The van der Waals surface area contributed by atoms with Crippen molar-refractivity contribution in [2.75, 3.05) is 12.4 Å². The molecule has 26 heavy (non-hydrogen) atoms. The van der Waals surface area contributed by atoms with Gasteiger partial charge in [0, 0.05) is 29.4 Å². The van der Waals surface area contributed by atoms with Crippen molar-refractivity contribution in [1.82, 2.24) is 10.3 Å². The quantitative estimate of drug-likeness (QED) is 0.722. The molecule has 0 unspecified atom stereocenters. The molecule has 3 aromatic rings. The summed E-state index contributed by atoms with van der Waals surface area (Å²) in [6.45, 7) is 0. The average molecular weight is 363 g/mol. The molecule has 130 valence electrons.